The molecule has 6 nitrogen and oxygen atoms in total. The van der Waals surface area contributed by atoms with Crippen molar-refractivity contribution in [3.05, 3.63) is 76.7 Å². The van der Waals surface area contributed by atoms with Crippen LogP contribution in [0.25, 0.3) is 27.6 Å². The number of ether oxygens (including phenoxy) is 3. The van der Waals surface area contributed by atoms with Crippen LogP contribution in [0.4, 0.5) is 0 Å². The van der Waals surface area contributed by atoms with E-state index in [2.05, 4.69) is 4.98 Å². The molecule has 0 aliphatic heterocycles. The van der Waals surface area contributed by atoms with Crippen LogP contribution < -0.4 is 4.74 Å². The number of aryl methyl sites for hydroxylation is 2. The first-order valence-corrected chi connectivity index (χ1v) is 10.5. The Morgan fingerprint density at radius 1 is 1.19 bits per heavy atom. The number of oxazole rings is 1. The standard InChI is InChI=1S/C25H23NO5S/c1-16-20(26-24(31-16)17-7-5-4-6-8-17)11-13-30-21-10-9-18(23-19(21)12-14-32-23)15-22(28-2)25(27)29-3/h4-10,12,14-15H,11,13H2,1-3H3/b22-15-/i1D3,13D2. The third-order valence-corrected chi connectivity index (χ3v) is 5.60. The first kappa shape index (κ1) is 16.1. The lowest BCUT2D eigenvalue weighted by Gasteiger charge is -2.09. The monoisotopic (exact) mass is 454 g/mol. The van der Waals surface area contributed by atoms with Crippen molar-refractivity contribution in [2.45, 2.75) is 13.3 Å². The maximum Gasteiger partial charge on any atom is 0.373 e. The highest BCUT2D eigenvalue weighted by atomic mass is 32.1. The Kier molecular flexibility index (Phi) is 4.88. The van der Waals surface area contributed by atoms with Gasteiger partial charge in [0.2, 0.25) is 11.6 Å². The summed E-state index contributed by atoms with van der Waals surface area (Å²) < 4.78 is 62.4. The largest absolute Gasteiger partial charge is 0.493 e. The number of carbonyl (C=O) groups is 1. The first-order chi connectivity index (χ1) is 17.5. The van der Waals surface area contributed by atoms with Gasteiger partial charge in [0, 0.05) is 26.2 Å². The van der Waals surface area contributed by atoms with Crippen LogP contribution in [-0.2, 0) is 20.7 Å². The molecule has 0 radical (unpaired) electrons. The van der Waals surface area contributed by atoms with E-state index in [1.165, 1.54) is 31.6 Å². The maximum absolute atomic E-state index is 11.9. The van der Waals surface area contributed by atoms with Crippen LogP contribution in [0.15, 0.2) is 64.1 Å². The first-order valence-electron chi connectivity index (χ1n) is 12.1. The van der Waals surface area contributed by atoms with E-state index in [4.69, 9.17) is 25.5 Å². The van der Waals surface area contributed by atoms with Crippen LogP contribution in [0, 0.1) is 6.85 Å². The fourth-order valence-electron chi connectivity index (χ4n) is 3.06. The lowest BCUT2D eigenvalue weighted by atomic mass is 10.1. The third kappa shape index (κ3) is 4.53. The normalized spacial score (nSPS) is 14.7. The second-order valence-corrected chi connectivity index (χ2v) is 7.52. The third-order valence-electron chi connectivity index (χ3n) is 4.64. The molecule has 32 heavy (non-hydrogen) atoms. The number of carbonyl (C=O) groups excluding carboxylic acids is 1. The Morgan fingerprint density at radius 3 is 2.78 bits per heavy atom. The van der Waals surface area contributed by atoms with Crippen LogP contribution in [0.5, 0.6) is 5.75 Å². The van der Waals surface area contributed by atoms with Crippen molar-refractivity contribution >= 4 is 33.5 Å². The summed E-state index contributed by atoms with van der Waals surface area (Å²) in [6.07, 6.45) is 1.08. The highest BCUT2D eigenvalue weighted by Gasteiger charge is 2.14. The highest BCUT2D eigenvalue weighted by Crippen LogP contribution is 2.34. The second-order valence-electron chi connectivity index (χ2n) is 6.60. The molecule has 0 amide bonds. The van der Waals surface area contributed by atoms with Crippen molar-refractivity contribution in [1.29, 1.82) is 0 Å². The van der Waals surface area contributed by atoms with E-state index in [1.54, 1.807) is 42.5 Å². The van der Waals surface area contributed by atoms with Gasteiger partial charge < -0.3 is 18.6 Å². The van der Waals surface area contributed by atoms with Crippen molar-refractivity contribution in [3.8, 4) is 17.2 Å². The maximum atomic E-state index is 11.9. The minimum absolute atomic E-state index is 0.0126. The smallest absolute Gasteiger partial charge is 0.373 e. The fourth-order valence-corrected chi connectivity index (χ4v) is 3.96. The number of methoxy groups -OCH3 is 2. The Hall–Kier alpha value is -3.58. The molecule has 0 spiro atoms. The molecule has 0 aliphatic rings. The molecule has 2 aromatic carbocycles. The molecule has 4 aromatic rings. The molecule has 0 N–H and O–H groups in total. The molecule has 4 rings (SSSR count). The van der Waals surface area contributed by atoms with Crippen molar-refractivity contribution in [2.75, 3.05) is 20.8 Å². The van der Waals surface area contributed by atoms with Gasteiger partial charge in [-0.1, -0.05) is 18.2 Å². The van der Waals surface area contributed by atoms with Gasteiger partial charge in [0.15, 0.2) is 0 Å². The number of thiophene rings is 1. The summed E-state index contributed by atoms with van der Waals surface area (Å²) in [5.41, 5.74) is 1.19. The molecule has 164 valence electrons. The van der Waals surface area contributed by atoms with Crippen LogP contribution in [0.1, 0.15) is 23.9 Å². The average molecular weight is 455 g/mol. The number of hydrogen-bond donors (Lipinski definition) is 0. The Labute approximate surface area is 197 Å². The Balaban J connectivity index is 1.65. The van der Waals surface area contributed by atoms with Crippen LogP contribution >= 0.6 is 11.3 Å². The lowest BCUT2D eigenvalue weighted by Crippen LogP contribution is -2.06. The number of fused-ring (bicyclic) bond motifs is 1. The second kappa shape index (κ2) is 9.70. The van der Waals surface area contributed by atoms with Gasteiger partial charge in [-0.2, -0.15) is 0 Å². The SMILES string of the molecule is [2H]C([2H])(Cc1nc(-c2ccccc2)oc1C([2H])([2H])[2H])Oc1ccc(/C=C(\OC)C(=O)OC)c2sccc12. The zero-order chi connectivity index (χ0) is 26.8. The minimum Gasteiger partial charge on any atom is -0.493 e. The van der Waals surface area contributed by atoms with Gasteiger partial charge in [0.25, 0.3) is 0 Å². The minimum atomic E-state index is -2.63. The molecule has 0 unspecified atom stereocenters. The van der Waals surface area contributed by atoms with Crippen LogP contribution in [-0.4, -0.2) is 31.7 Å². The molecule has 0 saturated heterocycles. The quantitative estimate of drug-likeness (QED) is 0.195. The number of rotatable bonds is 8. The fraction of sp³-hybridized carbons (Fsp3) is 0.200. The van der Waals surface area contributed by atoms with Gasteiger partial charge in [-0.3, -0.25) is 0 Å². The number of esters is 1. The Bertz CT molecular complexity index is 1440. The zero-order valence-electron chi connectivity index (χ0n) is 22.4. The molecule has 0 aliphatic carbocycles. The average Bonchev–Trinajstić information content (AvgIpc) is 3.51. The summed E-state index contributed by atoms with van der Waals surface area (Å²) in [5.74, 6) is -0.656. The molecular formula is C25H23NO5S. The van der Waals surface area contributed by atoms with Crippen molar-refractivity contribution in [3.63, 3.8) is 0 Å². The highest BCUT2D eigenvalue weighted by molar-refractivity contribution is 7.17. The molecular weight excluding hydrogens is 426 g/mol. The molecule has 0 fully saturated rings. The summed E-state index contributed by atoms with van der Waals surface area (Å²) in [5, 5.41) is 2.43. The zero-order valence-corrected chi connectivity index (χ0v) is 18.2. The van der Waals surface area contributed by atoms with Gasteiger partial charge in [-0.15, -0.1) is 11.3 Å². The van der Waals surface area contributed by atoms with Gasteiger partial charge in [-0.25, -0.2) is 9.78 Å². The molecule has 0 saturated carbocycles. The van der Waals surface area contributed by atoms with Gasteiger partial charge in [0.05, 0.1) is 29.2 Å². The number of aromatic nitrogens is 1. The van der Waals surface area contributed by atoms with Crippen LogP contribution in [0.2, 0.25) is 0 Å². The van der Waals surface area contributed by atoms with E-state index in [0.717, 1.165) is 4.70 Å². The summed E-state index contributed by atoms with van der Waals surface area (Å²) >= 11 is 1.38. The van der Waals surface area contributed by atoms with E-state index in [1.807, 2.05) is 11.4 Å². The molecule has 0 bridgehead atoms. The van der Waals surface area contributed by atoms with E-state index in [-0.39, 0.29) is 28.9 Å². The van der Waals surface area contributed by atoms with E-state index in [9.17, 15) is 4.79 Å². The predicted molar refractivity (Wildman–Crippen MR) is 125 cm³/mol. The van der Waals surface area contributed by atoms with Crippen molar-refractivity contribution in [1.82, 2.24) is 4.98 Å². The summed E-state index contributed by atoms with van der Waals surface area (Å²) in [4.78, 5) is 16.2. The number of nitrogens with zero attached hydrogens (tertiary/aromatic N) is 1. The molecule has 2 aromatic heterocycles. The number of hydrogen-bond acceptors (Lipinski definition) is 7. The number of benzene rings is 2. The molecule has 7 heteroatoms. The van der Waals surface area contributed by atoms with E-state index in [0.29, 0.717) is 16.5 Å². The summed E-state index contributed by atoms with van der Waals surface area (Å²) in [6.45, 7) is -4.94. The summed E-state index contributed by atoms with van der Waals surface area (Å²) in [7, 11) is 2.62. The summed E-state index contributed by atoms with van der Waals surface area (Å²) in [6, 6.07) is 13.8. The lowest BCUT2D eigenvalue weighted by molar-refractivity contribution is -0.139. The van der Waals surface area contributed by atoms with Gasteiger partial charge in [-0.05, 0) is 54.2 Å². The van der Waals surface area contributed by atoms with E-state index >= 15 is 0 Å². The van der Waals surface area contributed by atoms with Crippen molar-refractivity contribution in [2.24, 2.45) is 0 Å². The predicted octanol–water partition coefficient (Wildman–Crippen LogP) is 5.65. The molecule has 0 atom stereocenters. The topological polar surface area (TPSA) is 70.8 Å². The Morgan fingerprint density at radius 2 is 2.03 bits per heavy atom. The van der Waals surface area contributed by atoms with Crippen molar-refractivity contribution < 1.29 is 30.3 Å². The van der Waals surface area contributed by atoms with Crippen LogP contribution in [0.3, 0.4) is 0 Å². The molecule has 2 heterocycles. The van der Waals surface area contributed by atoms with Gasteiger partial charge >= 0.3 is 5.97 Å². The van der Waals surface area contributed by atoms with Gasteiger partial charge in [0.1, 0.15) is 11.5 Å². The van der Waals surface area contributed by atoms with E-state index < -0.39 is 25.8 Å².